The molecule has 1 aliphatic rings. The Labute approximate surface area is 205 Å². The van der Waals surface area contributed by atoms with Gasteiger partial charge in [0.05, 0.1) is 42.2 Å². The van der Waals surface area contributed by atoms with Crippen LogP contribution in [0.25, 0.3) is 11.1 Å². The lowest BCUT2D eigenvalue weighted by atomic mass is 10.0. The first kappa shape index (κ1) is 23.9. The molecule has 0 bridgehead atoms. The third-order valence-corrected chi connectivity index (χ3v) is 5.72. The van der Waals surface area contributed by atoms with E-state index in [4.69, 9.17) is 22.1 Å². The van der Waals surface area contributed by atoms with Crippen molar-refractivity contribution < 1.29 is 19.4 Å². The fourth-order valence-corrected chi connectivity index (χ4v) is 4.15. The molecule has 2 atom stereocenters. The van der Waals surface area contributed by atoms with Crippen molar-refractivity contribution in [3.8, 4) is 17.2 Å². The topological polar surface area (TPSA) is 167 Å². The largest absolute Gasteiger partial charge is 0.444 e. The number of benzene rings is 1. The molecule has 178 valence electrons. The second kappa shape index (κ2) is 10.3. The Morgan fingerprint density at radius 1 is 1.31 bits per heavy atom. The minimum atomic E-state index is -0.912. The number of ether oxygens (including phenoxy) is 1. The number of nitrogens with zero attached hydrogens (tertiary/aromatic N) is 5. The number of pyridine rings is 1. The number of halogens is 1. The van der Waals surface area contributed by atoms with E-state index in [2.05, 4.69) is 26.3 Å². The molecular formula is C23H20ClN7O4. The van der Waals surface area contributed by atoms with Gasteiger partial charge in [0.2, 0.25) is 5.28 Å². The molecule has 0 spiro atoms. The van der Waals surface area contributed by atoms with Gasteiger partial charge >= 0.3 is 6.09 Å². The van der Waals surface area contributed by atoms with Crippen molar-refractivity contribution in [3.05, 3.63) is 65.5 Å². The van der Waals surface area contributed by atoms with Crippen LogP contribution in [0.2, 0.25) is 5.28 Å². The molecule has 2 aromatic heterocycles. The highest BCUT2D eigenvalue weighted by Gasteiger charge is 2.35. The van der Waals surface area contributed by atoms with Gasteiger partial charge in [0.25, 0.3) is 5.91 Å². The zero-order valence-electron chi connectivity index (χ0n) is 18.3. The number of carbonyl (C=O) groups excluding carboxylic acids is 2. The fraction of sp³-hybridized carbons (Fsp3) is 0.217. The fourth-order valence-electron chi connectivity index (χ4n) is 4.00. The number of aliphatic hydroxyl groups is 1. The Morgan fingerprint density at radius 2 is 2.14 bits per heavy atom. The van der Waals surface area contributed by atoms with E-state index in [0.717, 1.165) is 0 Å². The average Bonchev–Trinajstić information content (AvgIpc) is 3.26. The summed E-state index contributed by atoms with van der Waals surface area (Å²) in [6, 6.07) is 9.95. The maximum absolute atomic E-state index is 12.9. The van der Waals surface area contributed by atoms with Crippen LogP contribution in [0.15, 0.2) is 48.9 Å². The summed E-state index contributed by atoms with van der Waals surface area (Å²) in [6.45, 7) is 0.00602. The number of anilines is 2. The van der Waals surface area contributed by atoms with Gasteiger partial charge in [0, 0.05) is 30.6 Å². The molecule has 1 aliphatic heterocycles. The highest BCUT2D eigenvalue weighted by molar-refractivity contribution is 6.28. The molecule has 0 saturated carbocycles. The van der Waals surface area contributed by atoms with E-state index >= 15 is 0 Å². The Balaban J connectivity index is 1.76. The molecule has 1 fully saturated rings. The van der Waals surface area contributed by atoms with Gasteiger partial charge in [-0.05, 0) is 41.4 Å². The number of aliphatic hydroxyl groups excluding tert-OH is 1. The summed E-state index contributed by atoms with van der Waals surface area (Å²) in [5.74, 6) is -0.521. The zero-order chi connectivity index (χ0) is 24.9. The van der Waals surface area contributed by atoms with Crippen LogP contribution in [0, 0.1) is 11.3 Å². The highest BCUT2D eigenvalue weighted by Crippen LogP contribution is 2.37. The van der Waals surface area contributed by atoms with Crippen LogP contribution in [0.5, 0.6) is 0 Å². The third kappa shape index (κ3) is 5.29. The summed E-state index contributed by atoms with van der Waals surface area (Å²) < 4.78 is 5.16. The number of nitriles is 1. The van der Waals surface area contributed by atoms with Crippen LogP contribution in [-0.4, -0.2) is 57.4 Å². The number of aromatic nitrogens is 3. The molecule has 1 saturated heterocycles. The second-order valence-electron chi connectivity index (χ2n) is 7.71. The minimum absolute atomic E-state index is 0.0640. The van der Waals surface area contributed by atoms with E-state index in [9.17, 15) is 20.0 Å². The van der Waals surface area contributed by atoms with E-state index in [1.165, 1.54) is 18.5 Å². The van der Waals surface area contributed by atoms with E-state index < -0.39 is 24.1 Å². The number of amides is 2. The Bertz CT molecular complexity index is 1310. The number of hydrogen-bond donors (Lipinski definition) is 3. The van der Waals surface area contributed by atoms with Crippen LogP contribution in [-0.2, 0) is 4.74 Å². The first-order valence-corrected chi connectivity index (χ1v) is 10.9. The number of primary amides is 1. The number of nitrogens with one attached hydrogen (secondary N) is 1. The molecule has 3 heterocycles. The Kier molecular flexibility index (Phi) is 7.05. The van der Waals surface area contributed by atoms with Gasteiger partial charge in [-0.1, -0.05) is 6.07 Å². The molecule has 4 rings (SSSR count). The van der Waals surface area contributed by atoms with E-state index in [1.54, 1.807) is 30.5 Å². The summed E-state index contributed by atoms with van der Waals surface area (Å²) in [6.07, 6.45) is 3.35. The lowest BCUT2D eigenvalue weighted by Crippen LogP contribution is -2.33. The van der Waals surface area contributed by atoms with Gasteiger partial charge in [-0.25, -0.2) is 14.8 Å². The van der Waals surface area contributed by atoms with Crippen molar-refractivity contribution in [2.75, 3.05) is 23.4 Å². The molecule has 4 N–H and O–H groups in total. The molecule has 0 aliphatic carbocycles. The standard InChI is InChI=1S/C23H20ClN7O4/c24-22-28-6-4-19(30-22)21(33)29-18-2-1-13(17-10-27-5-3-14(17)9-25)7-20(18)31-11-16(35-23(26)34)8-15(31)12-32/h1-7,10,15-16,32H,8,11-12H2,(H2,26,34)(H,29,33)/t15-,16-/m0/s1. The van der Waals surface area contributed by atoms with Crippen molar-refractivity contribution in [3.63, 3.8) is 0 Å². The predicted molar refractivity (Wildman–Crippen MR) is 127 cm³/mol. The molecular weight excluding hydrogens is 474 g/mol. The van der Waals surface area contributed by atoms with Crippen LogP contribution >= 0.6 is 11.6 Å². The quantitative estimate of drug-likeness (QED) is 0.436. The summed E-state index contributed by atoms with van der Waals surface area (Å²) in [5, 5.41) is 22.3. The lowest BCUT2D eigenvalue weighted by Gasteiger charge is -2.28. The molecule has 11 nitrogen and oxygen atoms in total. The summed E-state index contributed by atoms with van der Waals surface area (Å²) in [7, 11) is 0. The van der Waals surface area contributed by atoms with Gasteiger partial charge in [0.1, 0.15) is 11.8 Å². The van der Waals surface area contributed by atoms with Crippen LogP contribution in [0.3, 0.4) is 0 Å². The normalized spacial score (nSPS) is 17.0. The van der Waals surface area contributed by atoms with Gasteiger partial charge in [-0.15, -0.1) is 0 Å². The first-order chi connectivity index (χ1) is 16.9. The van der Waals surface area contributed by atoms with E-state index in [1.807, 2.05) is 4.90 Å². The lowest BCUT2D eigenvalue weighted by molar-refractivity contribution is 0.102. The van der Waals surface area contributed by atoms with Crippen LogP contribution in [0.4, 0.5) is 16.2 Å². The van der Waals surface area contributed by atoms with Crippen molar-refractivity contribution in [1.82, 2.24) is 15.0 Å². The molecule has 1 aromatic carbocycles. The summed E-state index contributed by atoms with van der Waals surface area (Å²) >= 11 is 5.82. The van der Waals surface area contributed by atoms with Crippen molar-refractivity contribution >= 4 is 35.0 Å². The SMILES string of the molecule is N#Cc1ccncc1-c1ccc(NC(=O)c2ccnc(Cl)n2)c(N2C[C@@H](OC(N)=O)C[C@H]2CO)c1. The van der Waals surface area contributed by atoms with Gasteiger partial charge in [-0.2, -0.15) is 5.26 Å². The summed E-state index contributed by atoms with van der Waals surface area (Å²) in [5.41, 5.74) is 7.90. The summed E-state index contributed by atoms with van der Waals surface area (Å²) in [4.78, 5) is 37.8. The maximum atomic E-state index is 12.9. The number of rotatable bonds is 6. The maximum Gasteiger partial charge on any atom is 0.404 e. The second-order valence-corrected chi connectivity index (χ2v) is 8.05. The molecule has 0 radical (unpaired) electrons. The highest BCUT2D eigenvalue weighted by atomic mass is 35.5. The van der Waals surface area contributed by atoms with Crippen molar-refractivity contribution in [1.29, 1.82) is 5.26 Å². The van der Waals surface area contributed by atoms with E-state index in [0.29, 0.717) is 34.5 Å². The number of carbonyl (C=O) groups is 2. The third-order valence-electron chi connectivity index (χ3n) is 5.54. The average molecular weight is 494 g/mol. The van der Waals surface area contributed by atoms with Crippen molar-refractivity contribution in [2.45, 2.75) is 18.6 Å². The minimum Gasteiger partial charge on any atom is -0.444 e. The molecule has 3 aromatic rings. The Hall–Kier alpha value is -4.27. The first-order valence-electron chi connectivity index (χ1n) is 10.5. The number of nitrogens with two attached hydrogens (primary N) is 1. The van der Waals surface area contributed by atoms with Crippen LogP contribution in [0.1, 0.15) is 22.5 Å². The molecule has 0 unspecified atom stereocenters. The van der Waals surface area contributed by atoms with Gasteiger partial charge < -0.3 is 25.8 Å². The van der Waals surface area contributed by atoms with E-state index in [-0.39, 0.29) is 24.1 Å². The molecule has 2 amide bonds. The Morgan fingerprint density at radius 3 is 2.86 bits per heavy atom. The monoisotopic (exact) mass is 493 g/mol. The molecule has 35 heavy (non-hydrogen) atoms. The van der Waals surface area contributed by atoms with Gasteiger partial charge in [-0.3, -0.25) is 9.78 Å². The zero-order valence-corrected chi connectivity index (χ0v) is 19.0. The van der Waals surface area contributed by atoms with Crippen molar-refractivity contribution in [2.24, 2.45) is 5.73 Å². The predicted octanol–water partition coefficient (Wildman–Crippen LogP) is 2.35. The number of hydrogen-bond acceptors (Lipinski definition) is 9. The smallest absolute Gasteiger partial charge is 0.404 e. The van der Waals surface area contributed by atoms with Gasteiger partial charge in [0.15, 0.2) is 0 Å². The van der Waals surface area contributed by atoms with Crippen LogP contribution < -0.4 is 16.0 Å². The molecule has 12 heteroatoms.